The van der Waals surface area contributed by atoms with Crippen LogP contribution in [0.4, 0.5) is 5.69 Å². The van der Waals surface area contributed by atoms with Crippen molar-refractivity contribution in [3.63, 3.8) is 0 Å². The van der Waals surface area contributed by atoms with Crippen LogP contribution in [-0.4, -0.2) is 45.1 Å². The van der Waals surface area contributed by atoms with Crippen LogP contribution >= 0.6 is 0 Å². The first-order valence-electron chi connectivity index (χ1n) is 10.3. The summed E-state index contributed by atoms with van der Waals surface area (Å²) in [5.74, 6) is 0.578. The number of phenolic OH excluding ortho intramolecular Hbond substituents is 1. The molecule has 0 radical (unpaired) electrons. The van der Waals surface area contributed by atoms with Gasteiger partial charge < -0.3 is 20.1 Å². The van der Waals surface area contributed by atoms with Crippen LogP contribution in [0.5, 0.6) is 11.5 Å². The second-order valence-electron chi connectivity index (χ2n) is 8.05. The molecule has 2 aromatic rings. The van der Waals surface area contributed by atoms with E-state index >= 15 is 0 Å². The van der Waals surface area contributed by atoms with Crippen molar-refractivity contribution in [3.05, 3.63) is 53.1 Å². The highest BCUT2D eigenvalue weighted by Gasteiger charge is 2.37. The lowest BCUT2D eigenvalue weighted by atomic mass is 10.0. The Kier molecular flexibility index (Phi) is 6.00. The molecule has 2 N–H and O–H groups in total. The summed E-state index contributed by atoms with van der Waals surface area (Å²) in [6, 6.07) is 10.2. The summed E-state index contributed by atoms with van der Waals surface area (Å²) in [6.07, 6.45) is 3.89. The van der Waals surface area contributed by atoms with E-state index in [0.717, 1.165) is 24.0 Å². The van der Waals surface area contributed by atoms with Crippen molar-refractivity contribution in [3.8, 4) is 11.5 Å². The first kappa shape index (κ1) is 21.4. The highest BCUT2D eigenvalue weighted by molar-refractivity contribution is 7.84. The third-order valence-corrected chi connectivity index (χ3v) is 6.63. The van der Waals surface area contributed by atoms with Crippen LogP contribution in [0.1, 0.15) is 46.8 Å². The maximum Gasteiger partial charge on any atom is 0.257 e. The normalized spacial score (nSPS) is 17.2. The molecule has 2 atom stereocenters. The van der Waals surface area contributed by atoms with Crippen LogP contribution < -0.4 is 10.1 Å². The van der Waals surface area contributed by atoms with Crippen molar-refractivity contribution in [2.24, 2.45) is 5.92 Å². The molecule has 2 aromatic carbocycles. The molecule has 2 aliphatic rings. The zero-order chi connectivity index (χ0) is 22.1. The standard InChI is InChI=1S/C23H26N2O5S/c1-30-20-9-8-15(12-19(20)26)18(10-11-31(2)29)25-13-16-4-3-5-17(21(16)23(25)28)24-22(27)14-6-7-14/h3-5,8-9,12,14,18,26H,6-7,10-11,13H2,1-2H3,(H,24,27). The predicted octanol–water partition coefficient (Wildman–Crippen LogP) is 3.22. The largest absolute Gasteiger partial charge is 0.504 e. The molecule has 1 fully saturated rings. The number of phenols is 1. The maximum atomic E-state index is 13.5. The molecule has 0 aromatic heterocycles. The van der Waals surface area contributed by atoms with Crippen molar-refractivity contribution in [1.29, 1.82) is 0 Å². The summed E-state index contributed by atoms with van der Waals surface area (Å²) < 4.78 is 16.9. The average molecular weight is 443 g/mol. The highest BCUT2D eigenvalue weighted by Crippen LogP contribution is 2.39. The van der Waals surface area contributed by atoms with Gasteiger partial charge in [0.25, 0.3) is 5.91 Å². The molecule has 2 amide bonds. The maximum absolute atomic E-state index is 13.5. The number of methoxy groups -OCH3 is 1. The third kappa shape index (κ3) is 4.44. The smallest absolute Gasteiger partial charge is 0.257 e. The molecule has 0 saturated heterocycles. The number of amides is 2. The predicted molar refractivity (Wildman–Crippen MR) is 119 cm³/mol. The van der Waals surface area contributed by atoms with Crippen molar-refractivity contribution in [2.75, 3.05) is 24.4 Å². The van der Waals surface area contributed by atoms with Gasteiger partial charge in [-0.25, -0.2) is 0 Å². The first-order chi connectivity index (χ1) is 14.9. The van der Waals surface area contributed by atoms with Gasteiger partial charge in [-0.05, 0) is 48.6 Å². The Bertz CT molecular complexity index is 1050. The van der Waals surface area contributed by atoms with Crippen molar-refractivity contribution < 1.29 is 23.6 Å². The van der Waals surface area contributed by atoms with Crippen molar-refractivity contribution in [2.45, 2.75) is 31.8 Å². The summed E-state index contributed by atoms with van der Waals surface area (Å²) >= 11 is 0. The van der Waals surface area contributed by atoms with Crippen molar-refractivity contribution in [1.82, 2.24) is 4.90 Å². The van der Waals surface area contributed by atoms with E-state index in [9.17, 15) is 18.9 Å². The number of carbonyl (C=O) groups is 2. The van der Waals surface area contributed by atoms with E-state index in [4.69, 9.17) is 4.74 Å². The number of hydrogen-bond acceptors (Lipinski definition) is 5. The number of carbonyl (C=O) groups excluding carboxylic acids is 2. The first-order valence-corrected chi connectivity index (χ1v) is 12.0. The zero-order valence-electron chi connectivity index (χ0n) is 17.6. The van der Waals surface area contributed by atoms with Crippen LogP contribution in [0.25, 0.3) is 0 Å². The molecular formula is C23H26N2O5S. The van der Waals surface area contributed by atoms with E-state index in [1.165, 1.54) is 7.11 Å². The molecule has 8 heteroatoms. The highest BCUT2D eigenvalue weighted by atomic mass is 32.2. The Hall–Kier alpha value is -2.87. The summed E-state index contributed by atoms with van der Waals surface area (Å²) in [6.45, 7) is 0.384. The second kappa shape index (κ2) is 8.70. The van der Waals surface area contributed by atoms with Crippen LogP contribution in [0.3, 0.4) is 0 Å². The van der Waals surface area contributed by atoms with E-state index < -0.39 is 10.8 Å². The fourth-order valence-corrected chi connectivity index (χ4v) is 4.57. The van der Waals surface area contributed by atoms with Crippen LogP contribution in [0.2, 0.25) is 0 Å². The van der Waals surface area contributed by atoms with Gasteiger partial charge in [0.2, 0.25) is 5.91 Å². The molecular weight excluding hydrogens is 416 g/mol. The van der Waals surface area contributed by atoms with Gasteiger partial charge in [-0.15, -0.1) is 0 Å². The Labute approximate surface area is 183 Å². The average Bonchev–Trinajstić information content (AvgIpc) is 3.53. The third-order valence-electron chi connectivity index (χ3n) is 5.81. The van der Waals surface area contributed by atoms with Gasteiger partial charge in [0.1, 0.15) is 0 Å². The summed E-state index contributed by atoms with van der Waals surface area (Å²) in [7, 11) is 0.451. The van der Waals surface area contributed by atoms with E-state index in [1.54, 1.807) is 29.4 Å². The van der Waals surface area contributed by atoms with E-state index in [-0.39, 0.29) is 29.5 Å². The lowest BCUT2D eigenvalue weighted by Gasteiger charge is -2.28. The van der Waals surface area contributed by atoms with Gasteiger partial charge in [0.15, 0.2) is 11.5 Å². The lowest BCUT2D eigenvalue weighted by molar-refractivity contribution is -0.117. The molecule has 4 rings (SSSR count). The SMILES string of the molecule is COc1ccc(C(CCS(C)=O)N2Cc3cccc(NC(=O)C4CC4)c3C2=O)cc1O. The molecule has 1 aliphatic carbocycles. The number of rotatable bonds is 8. The zero-order valence-corrected chi connectivity index (χ0v) is 18.4. The Morgan fingerprint density at radius 3 is 2.74 bits per heavy atom. The van der Waals surface area contributed by atoms with Gasteiger partial charge in [0.05, 0.1) is 24.4 Å². The van der Waals surface area contributed by atoms with E-state index in [1.807, 2.05) is 18.2 Å². The Morgan fingerprint density at radius 1 is 1.32 bits per heavy atom. The fourth-order valence-electron chi connectivity index (χ4n) is 4.01. The van der Waals surface area contributed by atoms with E-state index in [2.05, 4.69) is 5.32 Å². The number of nitrogens with zero attached hydrogens (tertiary/aromatic N) is 1. The number of nitrogens with one attached hydrogen (secondary N) is 1. The molecule has 164 valence electrons. The number of benzene rings is 2. The molecule has 7 nitrogen and oxygen atoms in total. The van der Waals surface area contributed by atoms with Gasteiger partial charge in [-0.3, -0.25) is 13.8 Å². The van der Waals surface area contributed by atoms with Crippen molar-refractivity contribution >= 4 is 28.3 Å². The second-order valence-corrected chi connectivity index (χ2v) is 9.60. The molecule has 31 heavy (non-hydrogen) atoms. The van der Waals surface area contributed by atoms with Crippen LogP contribution in [0, 0.1) is 5.92 Å². The minimum atomic E-state index is -1.03. The molecule has 1 aliphatic heterocycles. The van der Waals surface area contributed by atoms with Gasteiger partial charge in [0, 0.05) is 35.3 Å². The molecule has 0 bridgehead atoms. The number of hydrogen-bond donors (Lipinski definition) is 2. The van der Waals surface area contributed by atoms with Crippen LogP contribution in [-0.2, 0) is 22.1 Å². The summed E-state index contributed by atoms with van der Waals surface area (Å²) in [5, 5.41) is 13.2. The molecule has 1 heterocycles. The van der Waals surface area contributed by atoms with Crippen LogP contribution in [0.15, 0.2) is 36.4 Å². The number of aromatic hydroxyl groups is 1. The summed E-state index contributed by atoms with van der Waals surface area (Å²) in [4.78, 5) is 27.5. The molecule has 2 unspecified atom stereocenters. The quantitative estimate of drug-likeness (QED) is 0.655. The Balaban J connectivity index is 1.65. The topological polar surface area (TPSA) is 95.9 Å². The number of fused-ring (bicyclic) bond motifs is 1. The minimum absolute atomic E-state index is 0.0100. The van der Waals surface area contributed by atoms with Gasteiger partial charge in [-0.1, -0.05) is 18.2 Å². The Morgan fingerprint density at radius 2 is 2.10 bits per heavy atom. The molecule has 0 spiro atoms. The molecule has 1 saturated carbocycles. The number of anilines is 1. The van der Waals surface area contributed by atoms with Gasteiger partial charge >= 0.3 is 0 Å². The van der Waals surface area contributed by atoms with E-state index in [0.29, 0.717) is 35.7 Å². The number of ether oxygens (including phenoxy) is 1. The van der Waals surface area contributed by atoms with Gasteiger partial charge in [-0.2, -0.15) is 0 Å². The summed E-state index contributed by atoms with van der Waals surface area (Å²) in [5.41, 5.74) is 2.64. The monoisotopic (exact) mass is 442 g/mol. The minimum Gasteiger partial charge on any atom is -0.504 e. The fraction of sp³-hybridized carbons (Fsp3) is 0.391. The lowest BCUT2D eigenvalue weighted by Crippen LogP contribution is -2.30.